The SMILES string of the molecule is CCOc1ccc(B2OC(C)(C)C(C)(C)O2)cc1-c1ccccc1. The molecule has 2 aromatic rings. The molecule has 1 heterocycles. The van der Waals surface area contributed by atoms with Crippen LogP contribution in [0.2, 0.25) is 0 Å². The summed E-state index contributed by atoms with van der Waals surface area (Å²) in [5.74, 6) is 0.879. The van der Waals surface area contributed by atoms with Gasteiger partial charge in [0.05, 0.1) is 17.8 Å². The van der Waals surface area contributed by atoms with E-state index in [-0.39, 0.29) is 18.3 Å². The highest BCUT2D eigenvalue weighted by Gasteiger charge is 2.51. The molecule has 0 N–H and O–H groups in total. The summed E-state index contributed by atoms with van der Waals surface area (Å²) >= 11 is 0. The average molecular weight is 324 g/mol. The number of hydrogen-bond donors (Lipinski definition) is 0. The maximum Gasteiger partial charge on any atom is 0.494 e. The van der Waals surface area contributed by atoms with Gasteiger partial charge in [-0.1, -0.05) is 42.5 Å². The molecule has 0 spiro atoms. The lowest BCUT2D eigenvalue weighted by Crippen LogP contribution is -2.41. The van der Waals surface area contributed by atoms with Crippen LogP contribution < -0.4 is 10.2 Å². The summed E-state index contributed by atoms with van der Waals surface area (Å²) < 4.78 is 18.2. The Kier molecular flexibility index (Phi) is 4.45. The van der Waals surface area contributed by atoms with E-state index in [9.17, 15) is 0 Å². The van der Waals surface area contributed by atoms with Crippen LogP contribution in [0, 0.1) is 0 Å². The summed E-state index contributed by atoms with van der Waals surface area (Å²) in [7, 11) is -0.367. The molecule has 1 aliphatic heterocycles. The standard InChI is InChI=1S/C20H25BO3/c1-6-22-18-13-12-16(14-17(18)15-10-8-7-9-11-15)21-23-19(2,3)20(4,5)24-21/h7-14H,6H2,1-5H3. The van der Waals surface area contributed by atoms with Crippen molar-refractivity contribution in [2.45, 2.75) is 45.8 Å². The summed E-state index contributed by atoms with van der Waals surface area (Å²) in [6.45, 7) is 10.9. The maximum absolute atomic E-state index is 6.18. The molecule has 0 radical (unpaired) electrons. The van der Waals surface area contributed by atoms with Crippen LogP contribution in [0.15, 0.2) is 48.5 Å². The van der Waals surface area contributed by atoms with E-state index in [1.54, 1.807) is 0 Å². The molecule has 0 aromatic heterocycles. The van der Waals surface area contributed by atoms with Gasteiger partial charge in [-0.15, -0.1) is 0 Å². The van der Waals surface area contributed by atoms with E-state index in [0.29, 0.717) is 6.61 Å². The van der Waals surface area contributed by atoms with Gasteiger partial charge in [-0.25, -0.2) is 0 Å². The molecule has 1 saturated heterocycles. The maximum atomic E-state index is 6.18. The molecule has 0 bridgehead atoms. The van der Waals surface area contributed by atoms with E-state index in [1.165, 1.54) is 0 Å². The van der Waals surface area contributed by atoms with Crippen LogP contribution in [0.25, 0.3) is 11.1 Å². The number of benzene rings is 2. The molecule has 0 aliphatic carbocycles. The van der Waals surface area contributed by atoms with Crippen molar-refractivity contribution in [2.24, 2.45) is 0 Å². The second-order valence-corrected chi connectivity index (χ2v) is 7.14. The molecule has 0 amide bonds. The smallest absolute Gasteiger partial charge is 0.493 e. The zero-order valence-corrected chi connectivity index (χ0v) is 15.1. The Labute approximate surface area is 145 Å². The molecule has 4 heteroatoms. The van der Waals surface area contributed by atoms with Crippen LogP contribution in [-0.2, 0) is 9.31 Å². The van der Waals surface area contributed by atoms with E-state index < -0.39 is 0 Å². The molecule has 1 aliphatic rings. The van der Waals surface area contributed by atoms with Gasteiger partial charge in [0.15, 0.2) is 0 Å². The fourth-order valence-electron chi connectivity index (χ4n) is 2.80. The first kappa shape index (κ1) is 17.1. The van der Waals surface area contributed by atoms with E-state index in [2.05, 4.69) is 45.9 Å². The molecule has 126 valence electrons. The second kappa shape index (κ2) is 6.27. The second-order valence-electron chi connectivity index (χ2n) is 7.14. The Bertz CT molecular complexity index is 694. The van der Waals surface area contributed by atoms with Crippen molar-refractivity contribution in [2.75, 3.05) is 6.61 Å². The monoisotopic (exact) mass is 324 g/mol. The Balaban J connectivity index is 2.00. The minimum absolute atomic E-state index is 0.344. The van der Waals surface area contributed by atoms with E-state index in [1.807, 2.05) is 37.3 Å². The zero-order valence-electron chi connectivity index (χ0n) is 15.1. The van der Waals surface area contributed by atoms with Crippen molar-refractivity contribution in [1.29, 1.82) is 0 Å². The van der Waals surface area contributed by atoms with Gasteiger partial charge in [0.1, 0.15) is 5.75 Å². The van der Waals surface area contributed by atoms with Crippen molar-refractivity contribution in [3.05, 3.63) is 48.5 Å². The van der Waals surface area contributed by atoms with Gasteiger partial charge in [0.2, 0.25) is 0 Å². The lowest BCUT2D eigenvalue weighted by atomic mass is 9.77. The van der Waals surface area contributed by atoms with Gasteiger partial charge in [-0.3, -0.25) is 0 Å². The number of hydrogen-bond acceptors (Lipinski definition) is 3. The van der Waals surface area contributed by atoms with Crippen molar-refractivity contribution in [1.82, 2.24) is 0 Å². The van der Waals surface area contributed by atoms with Crippen LogP contribution >= 0.6 is 0 Å². The first-order valence-corrected chi connectivity index (χ1v) is 8.52. The average Bonchev–Trinajstić information content (AvgIpc) is 2.77. The predicted molar refractivity (Wildman–Crippen MR) is 98.8 cm³/mol. The highest BCUT2D eigenvalue weighted by molar-refractivity contribution is 6.62. The van der Waals surface area contributed by atoms with Crippen molar-refractivity contribution >= 4 is 12.6 Å². The molecular formula is C20H25BO3. The minimum atomic E-state index is -0.367. The third-order valence-corrected chi connectivity index (χ3v) is 4.91. The van der Waals surface area contributed by atoms with Gasteiger partial charge in [0, 0.05) is 5.56 Å². The summed E-state index contributed by atoms with van der Waals surface area (Å²) in [6.07, 6.45) is 0. The molecular weight excluding hydrogens is 299 g/mol. The lowest BCUT2D eigenvalue weighted by molar-refractivity contribution is 0.00578. The summed E-state index contributed by atoms with van der Waals surface area (Å²) in [4.78, 5) is 0. The van der Waals surface area contributed by atoms with Gasteiger partial charge in [-0.05, 0) is 51.7 Å². The van der Waals surface area contributed by atoms with Gasteiger partial charge in [0.25, 0.3) is 0 Å². The van der Waals surface area contributed by atoms with Crippen LogP contribution in [-0.4, -0.2) is 24.9 Å². The molecule has 3 rings (SSSR count). The molecule has 24 heavy (non-hydrogen) atoms. The van der Waals surface area contributed by atoms with Crippen molar-refractivity contribution in [3.8, 4) is 16.9 Å². The van der Waals surface area contributed by atoms with Gasteiger partial charge in [-0.2, -0.15) is 0 Å². The minimum Gasteiger partial charge on any atom is -0.493 e. The quantitative estimate of drug-likeness (QED) is 0.794. The topological polar surface area (TPSA) is 27.7 Å². The van der Waals surface area contributed by atoms with Gasteiger partial charge >= 0.3 is 7.12 Å². The number of ether oxygens (including phenoxy) is 1. The first-order valence-electron chi connectivity index (χ1n) is 8.52. The fraction of sp³-hybridized carbons (Fsp3) is 0.400. The van der Waals surface area contributed by atoms with Crippen molar-refractivity contribution in [3.63, 3.8) is 0 Å². The van der Waals surface area contributed by atoms with Crippen LogP contribution in [0.4, 0.5) is 0 Å². The lowest BCUT2D eigenvalue weighted by Gasteiger charge is -2.32. The molecule has 2 aromatic carbocycles. The fourth-order valence-corrected chi connectivity index (χ4v) is 2.80. The van der Waals surface area contributed by atoms with Crippen LogP contribution in [0.5, 0.6) is 5.75 Å². The normalized spacial score (nSPS) is 18.6. The molecule has 1 fully saturated rings. The Morgan fingerprint density at radius 1 is 0.917 bits per heavy atom. The summed E-state index contributed by atoms with van der Waals surface area (Å²) in [5, 5.41) is 0. The Morgan fingerprint density at radius 2 is 1.54 bits per heavy atom. The third kappa shape index (κ3) is 3.08. The molecule has 3 nitrogen and oxygen atoms in total. The van der Waals surface area contributed by atoms with E-state index >= 15 is 0 Å². The van der Waals surface area contributed by atoms with Crippen molar-refractivity contribution < 1.29 is 14.0 Å². The van der Waals surface area contributed by atoms with E-state index in [4.69, 9.17) is 14.0 Å². The summed E-state index contributed by atoms with van der Waals surface area (Å²) in [5.41, 5.74) is 2.51. The first-order chi connectivity index (χ1) is 11.3. The van der Waals surface area contributed by atoms with Gasteiger partial charge < -0.3 is 14.0 Å². The number of rotatable bonds is 4. The summed E-state index contributed by atoms with van der Waals surface area (Å²) in [6, 6.07) is 16.4. The van der Waals surface area contributed by atoms with E-state index in [0.717, 1.165) is 22.3 Å². The molecule has 0 saturated carbocycles. The third-order valence-electron chi connectivity index (χ3n) is 4.91. The largest absolute Gasteiger partial charge is 0.494 e. The highest BCUT2D eigenvalue weighted by Crippen LogP contribution is 2.37. The molecule has 0 unspecified atom stereocenters. The Hall–Kier alpha value is -1.78. The van der Waals surface area contributed by atoms with Crippen LogP contribution in [0.3, 0.4) is 0 Å². The Morgan fingerprint density at radius 3 is 2.12 bits per heavy atom. The van der Waals surface area contributed by atoms with Crippen LogP contribution in [0.1, 0.15) is 34.6 Å². The zero-order chi connectivity index (χ0) is 17.4. The highest BCUT2D eigenvalue weighted by atomic mass is 16.7. The predicted octanol–water partition coefficient (Wildman–Crippen LogP) is 4.05. The molecule has 0 atom stereocenters.